The number of aromatic nitrogens is 3. The van der Waals surface area contributed by atoms with Gasteiger partial charge < -0.3 is 8.98 Å². The Bertz CT molecular complexity index is 1110. The van der Waals surface area contributed by atoms with Gasteiger partial charge in [0.2, 0.25) is 0 Å². The Hall–Kier alpha value is -2.92. The number of hydrogen-bond acceptors (Lipinski definition) is 4. The number of fused-ring (bicyclic) bond motifs is 1. The summed E-state index contributed by atoms with van der Waals surface area (Å²) in [5, 5.41) is 0. The van der Waals surface area contributed by atoms with E-state index >= 15 is 0 Å². The van der Waals surface area contributed by atoms with Crippen molar-refractivity contribution in [2.24, 2.45) is 5.92 Å². The maximum Gasteiger partial charge on any atom is 0.191 e. The van der Waals surface area contributed by atoms with Gasteiger partial charge in [0, 0.05) is 19.9 Å². The minimum atomic E-state index is 0.670. The van der Waals surface area contributed by atoms with Crippen molar-refractivity contribution in [3.8, 4) is 0 Å². The maximum absolute atomic E-state index is 5.75. The van der Waals surface area contributed by atoms with Crippen LogP contribution in [0.25, 0.3) is 11.0 Å². The fraction of sp³-hybridized carbons (Fsp3) is 0.360. The Kier molecular flexibility index (Phi) is 5.37. The highest BCUT2D eigenvalue weighted by molar-refractivity contribution is 5.76. The van der Waals surface area contributed by atoms with Gasteiger partial charge in [-0.15, -0.1) is 0 Å². The van der Waals surface area contributed by atoms with Gasteiger partial charge >= 0.3 is 0 Å². The lowest BCUT2D eigenvalue weighted by Gasteiger charge is -2.32. The Balaban J connectivity index is 1.29. The van der Waals surface area contributed by atoms with Gasteiger partial charge in [0.05, 0.1) is 23.8 Å². The lowest BCUT2D eigenvalue weighted by molar-refractivity contribution is 0.175. The highest BCUT2D eigenvalue weighted by Crippen LogP contribution is 2.26. The zero-order valence-corrected chi connectivity index (χ0v) is 17.5. The van der Waals surface area contributed by atoms with E-state index in [2.05, 4.69) is 69.0 Å². The first kappa shape index (κ1) is 19.1. The molecule has 0 N–H and O–H groups in total. The zero-order chi connectivity index (χ0) is 20.3. The normalized spacial score (nSPS) is 15.8. The van der Waals surface area contributed by atoms with Gasteiger partial charge in [0.1, 0.15) is 11.6 Å². The standard InChI is InChI=1S/C25H28N4O/c1-19-26-16-22(30-19)18-29-24-10-6-5-9-23(24)27-25(29)15-20-11-13-28(14-12-20)17-21-7-3-2-4-8-21/h2-10,16,20H,11-15,17-18H2,1H3. The van der Waals surface area contributed by atoms with Crippen LogP contribution in [0, 0.1) is 12.8 Å². The Labute approximate surface area is 177 Å². The number of likely N-dealkylation sites (tertiary alicyclic amines) is 1. The molecule has 0 radical (unpaired) electrons. The largest absolute Gasteiger partial charge is 0.444 e. The predicted octanol–water partition coefficient (Wildman–Crippen LogP) is 4.84. The van der Waals surface area contributed by atoms with Crippen molar-refractivity contribution in [1.82, 2.24) is 19.4 Å². The molecular weight excluding hydrogens is 372 g/mol. The summed E-state index contributed by atoms with van der Waals surface area (Å²) in [6.45, 7) is 5.93. The van der Waals surface area contributed by atoms with Crippen molar-refractivity contribution >= 4 is 11.0 Å². The molecule has 0 saturated carbocycles. The van der Waals surface area contributed by atoms with E-state index in [4.69, 9.17) is 9.40 Å². The van der Waals surface area contributed by atoms with E-state index in [1.54, 1.807) is 0 Å². The van der Waals surface area contributed by atoms with Gasteiger partial charge in [0.15, 0.2) is 5.89 Å². The molecule has 4 aromatic rings. The molecule has 0 atom stereocenters. The highest BCUT2D eigenvalue weighted by Gasteiger charge is 2.22. The minimum absolute atomic E-state index is 0.670. The molecule has 2 aromatic carbocycles. The second-order valence-corrected chi connectivity index (χ2v) is 8.36. The second kappa shape index (κ2) is 8.44. The van der Waals surface area contributed by atoms with E-state index in [1.807, 2.05) is 13.1 Å². The van der Waals surface area contributed by atoms with Crippen LogP contribution in [-0.2, 0) is 19.5 Å². The molecule has 0 unspecified atom stereocenters. The van der Waals surface area contributed by atoms with Crippen LogP contribution in [0.5, 0.6) is 0 Å². The van der Waals surface area contributed by atoms with Gasteiger partial charge in [-0.05, 0) is 49.5 Å². The number of nitrogens with zero attached hydrogens (tertiary/aromatic N) is 4. The van der Waals surface area contributed by atoms with Gasteiger partial charge in [-0.2, -0.15) is 0 Å². The molecule has 30 heavy (non-hydrogen) atoms. The van der Waals surface area contributed by atoms with Crippen LogP contribution < -0.4 is 0 Å². The van der Waals surface area contributed by atoms with Crippen LogP contribution in [0.2, 0.25) is 0 Å². The number of rotatable bonds is 6. The molecule has 3 heterocycles. The van der Waals surface area contributed by atoms with Crippen LogP contribution in [0.1, 0.15) is 35.9 Å². The van der Waals surface area contributed by atoms with Crippen molar-refractivity contribution in [2.75, 3.05) is 13.1 Å². The first-order valence-electron chi connectivity index (χ1n) is 10.9. The third kappa shape index (κ3) is 4.17. The third-order valence-corrected chi connectivity index (χ3v) is 6.14. The topological polar surface area (TPSA) is 47.1 Å². The number of piperidine rings is 1. The number of benzene rings is 2. The second-order valence-electron chi connectivity index (χ2n) is 8.36. The van der Waals surface area contributed by atoms with Gasteiger partial charge in [0.25, 0.3) is 0 Å². The summed E-state index contributed by atoms with van der Waals surface area (Å²) in [6.07, 6.45) is 5.28. The monoisotopic (exact) mass is 400 g/mol. The molecule has 1 aliphatic rings. The summed E-state index contributed by atoms with van der Waals surface area (Å²) in [6, 6.07) is 19.2. The van der Waals surface area contributed by atoms with Gasteiger partial charge in [-0.25, -0.2) is 9.97 Å². The molecule has 5 rings (SSSR count). The van der Waals surface area contributed by atoms with Crippen molar-refractivity contribution in [3.63, 3.8) is 0 Å². The van der Waals surface area contributed by atoms with Crippen molar-refractivity contribution in [1.29, 1.82) is 0 Å². The minimum Gasteiger partial charge on any atom is -0.444 e. The molecular formula is C25H28N4O. The first-order chi connectivity index (χ1) is 14.7. The summed E-state index contributed by atoms with van der Waals surface area (Å²) in [7, 11) is 0. The van der Waals surface area contributed by atoms with Crippen LogP contribution in [0.3, 0.4) is 0 Å². The number of oxazole rings is 1. The summed E-state index contributed by atoms with van der Waals surface area (Å²) in [5.41, 5.74) is 3.63. The molecule has 154 valence electrons. The third-order valence-electron chi connectivity index (χ3n) is 6.14. The van der Waals surface area contributed by atoms with Crippen LogP contribution in [0.15, 0.2) is 65.2 Å². The Morgan fingerprint density at radius 2 is 1.73 bits per heavy atom. The van der Waals surface area contributed by atoms with Crippen LogP contribution in [-0.4, -0.2) is 32.5 Å². The quantitative estimate of drug-likeness (QED) is 0.465. The first-order valence-corrected chi connectivity index (χ1v) is 10.9. The fourth-order valence-electron chi connectivity index (χ4n) is 4.54. The number of para-hydroxylation sites is 2. The Morgan fingerprint density at radius 3 is 2.50 bits per heavy atom. The maximum atomic E-state index is 5.75. The lowest BCUT2D eigenvalue weighted by atomic mass is 9.93. The Morgan fingerprint density at radius 1 is 0.967 bits per heavy atom. The molecule has 1 fully saturated rings. The van der Waals surface area contributed by atoms with E-state index in [9.17, 15) is 0 Å². The van der Waals surface area contributed by atoms with Crippen LogP contribution >= 0.6 is 0 Å². The van der Waals surface area contributed by atoms with Crippen LogP contribution in [0.4, 0.5) is 0 Å². The molecule has 0 bridgehead atoms. The van der Waals surface area contributed by atoms with Crippen molar-refractivity contribution < 1.29 is 4.42 Å². The molecule has 0 aliphatic carbocycles. The van der Waals surface area contributed by atoms with E-state index in [0.29, 0.717) is 18.4 Å². The molecule has 2 aromatic heterocycles. The van der Waals surface area contributed by atoms with E-state index < -0.39 is 0 Å². The molecule has 1 aliphatic heterocycles. The summed E-state index contributed by atoms with van der Waals surface area (Å²) in [5.74, 6) is 3.42. The molecule has 0 spiro atoms. The predicted molar refractivity (Wildman–Crippen MR) is 118 cm³/mol. The lowest BCUT2D eigenvalue weighted by Crippen LogP contribution is -2.34. The molecule has 0 amide bonds. The summed E-state index contributed by atoms with van der Waals surface area (Å²) >= 11 is 0. The van der Waals surface area contributed by atoms with E-state index in [-0.39, 0.29) is 0 Å². The van der Waals surface area contributed by atoms with Crippen molar-refractivity contribution in [2.45, 2.75) is 39.3 Å². The number of hydrogen-bond donors (Lipinski definition) is 0. The van der Waals surface area contributed by atoms with E-state index in [0.717, 1.165) is 43.2 Å². The smallest absolute Gasteiger partial charge is 0.191 e. The highest BCUT2D eigenvalue weighted by atomic mass is 16.4. The van der Waals surface area contributed by atoms with Gasteiger partial charge in [-0.1, -0.05) is 42.5 Å². The fourth-order valence-corrected chi connectivity index (χ4v) is 4.54. The molecule has 1 saturated heterocycles. The van der Waals surface area contributed by atoms with Gasteiger partial charge in [-0.3, -0.25) is 4.90 Å². The summed E-state index contributed by atoms with van der Waals surface area (Å²) in [4.78, 5) is 11.8. The molecule has 5 nitrogen and oxygen atoms in total. The number of imidazole rings is 1. The van der Waals surface area contributed by atoms with Crippen molar-refractivity contribution in [3.05, 3.63) is 83.8 Å². The summed E-state index contributed by atoms with van der Waals surface area (Å²) < 4.78 is 8.07. The average Bonchev–Trinajstić information content (AvgIpc) is 3.34. The zero-order valence-electron chi connectivity index (χ0n) is 17.5. The van der Waals surface area contributed by atoms with E-state index in [1.165, 1.54) is 23.9 Å². The SMILES string of the molecule is Cc1ncc(Cn2c(CC3CCN(Cc4ccccc4)CC3)nc3ccccc32)o1. The average molecular weight is 401 g/mol. The molecule has 5 heteroatoms. The number of aryl methyl sites for hydroxylation is 1.